The first-order valence-corrected chi connectivity index (χ1v) is 9.86. The third kappa shape index (κ3) is 5.87. The first kappa shape index (κ1) is 18.4. The number of nitrogens with one attached hydrogen (secondary N) is 2. The number of carbonyl (C=O) groups is 1. The summed E-state index contributed by atoms with van der Waals surface area (Å²) in [6.07, 6.45) is 11.0. The van der Waals surface area contributed by atoms with E-state index >= 15 is 0 Å². The van der Waals surface area contributed by atoms with Crippen LogP contribution in [0.3, 0.4) is 0 Å². The van der Waals surface area contributed by atoms with Gasteiger partial charge >= 0.3 is 0 Å². The molecule has 0 atom stereocenters. The molecule has 0 saturated heterocycles. The number of hydrogen-bond donors (Lipinski definition) is 2. The number of amides is 1. The molecular weight excluding hydrogens is 322 g/mol. The summed E-state index contributed by atoms with van der Waals surface area (Å²) in [5.74, 6) is 0.823. The van der Waals surface area contributed by atoms with Crippen molar-refractivity contribution in [2.24, 2.45) is 0 Å². The summed E-state index contributed by atoms with van der Waals surface area (Å²) in [6.45, 7) is 0.871. The SMILES string of the molecule is O=C(NC1CCCCCC1)c1ccc(NCCCc2ccccc2)nc1. The van der Waals surface area contributed by atoms with E-state index in [0.29, 0.717) is 11.6 Å². The highest BCUT2D eigenvalue weighted by atomic mass is 16.1. The molecule has 1 aromatic heterocycles. The smallest absolute Gasteiger partial charge is 0.253 e. The highest BCUT2D eigenvalue weighted by molar-refractivity contribution is 5.94. The first-order chi connectivity index (χ1) is 12.8. The first-order valence-electron chi connectivity index (χ1n) is 9.86. The van der Waals surface area contributed by atoms with Gasteiger partial charge in [0.15, 0.2) is 0 Å². The van der Waals surface area contributed by atoms with E-state index in [4.69, 9.17) is 0 Å². The summed E-state index contributed by atoms with van der Waals surface area (Å²) >= 11 is 0. The van der Waals surface area contributed by atoms with Gasteiger partial charge in [0, 0.05) is 18.8 Å². The molecule has 1 fully saturated rings. The van der Waals surface area contributed by atoms with E-state index < -0.39 is 0 Å². The van der Waals surface area contributed by atoms with Crippen LogP contribution < -0.4 is 10.6 Å². The molecule has 4 heteroatoms. The van der Waals surface area contributed by atoms with Crippen LogP contribution in [0, 0.1) is 0 Å². The van der Waals surface area contributed by atoms with Gasteiger partial charge in [-0.2, -0.15) is 0 Å². The van der Waals surface area contributed by atoms with Crippen LogP contribution >= 0.6 is 0 Å². The molecule has 0 unspecified atom stereocenters. The molecule has 1 saturated carbocycles. The Labute approximate surface area is 156 Å². The minimum Gasteiger partial charge on any atom is -0.370 e. The van der Waals surface area contributed by atoms with Crippen molar-refractivity contribution in [2.45, 2.75) is 57.4 Å². The van der Waals surface area contributed by atoms with Crippen molar-refractivity contribution in [2.75, 3.05) is 11.9 Å². The molecule has 26 heavy (non-hydrogen) atoms. The van der Waals surface area contributed by atoms with Gasteiger partial charge in [-0.3, -0.25) is 4.79 Å². The zero-order valence-electron chi connectivity index (χ0n) is 15.4. The van der Waals surface area contributed by atoms with Gasteiger partial charge in [-0.15, -0.1) is 0 Å². The summed E-state index contributed by atoms with van der Waals surface area (Å²) < 4.78 is 0. The Morgan fingerprint density at radius 2 is 1.77 bits per heavy atom. The number of nitrogens with zero attached hydrogens (tertiary/aromatic N) is 1. The van der Waals surface area contributed by atoms with Gasteiger partial charge in [-0.25, -0.2) is 4.98 Å². The molecule has 0 bridgehead atoms. The van der Waals surface area contributed by atoms with Gasteiger partial charge in [0.25, 0.3) is 5.91 Å². The lowest BCUT2D eigenvalue weighted by molar-refractivity contribution is 0.0933. The lowest BCUT2D eigenvalue weighted by Gasteiger charge is -2.16. The maximum absolute atomic E-state index is 12.4. The van der Waals surface area contributed by atoms with Gasteiger partial charge in [0.1, 0.15) is 5.82 Å². The van der Waals surface area contributed by atoms with E-state index in [-0.39, 0.29) is 5.91 Å². The van der Waals surface area contributed by atoms with E-state index in [9.17, 15) is 4.79 Å². The molecule has 0 spiro atoms. The molecular formula is C22H29N3O. The Hall–Kier alpha value is -2.36. The van der Waals surface area contributed by atoms with Crippen molar-refractivity contribution in [3.63, 3.8) is 0 Å². The van der Waals surface area contributed by atoms with Crippen LogP contribution in [0.5, 0.6) is 0 Å². The van der Waals surface area contributed by atoms with Gasteiger partial charge < -0.3 is 10.6 Å². The summed E-state index contributed by atoms with van der Waals surface area (Å²) in [5.41, 5.74) is 2.00. The van der Waals surface area contributed by atoms with E-state index in [1.165, 1.54) is 31.2 Å². The Morgan fingerprint density at radius 3 is 2.46 bits per heavy atom. The molecule has 1 aromatic carbocycles. The van der Waals surface area contributed by atoms with Crippen molar-refractivity contribution in [1.82, 2.24) is 10.3 Å². The van der Waals surface area contributed by atoms with E-state index in [1.54, 1.807) is 6.20 Å². The van der Waals surface area contributed by atoms with E-state index in [1.807, 2.05) is 18.2 Å². The number of rotatable bonds is 7. The van der Waals surface area contributed by atoms with Crippen LogP contribution in [-0.4, -0.2) is 23.5 Å². The van der Waals surface area contributed by atoms with Crippen molar-refractivity contribution in [3.8, 4) is 0 Å². The second-order valence-electron chi connectivity index (χ2n) is 7.11. The minimum absolute atomic E-state index is 0.0000256. The summed E-state index contributed by atoms with van der Waals surface area (Å²) in [6, 6.07) is 14.6. The highest BCUT2D eigenvalue weighted by Crippen LogP contribution is 2.17. The van der Waals surface area contributed by atoms with Crippen LogP contribution in [0.4, 0.5) is 5.82 Å². The fraction of sp³-hybridized carbons (Fsp3) is 0.455. The van der Waals surface area contributed by atoms with Crippen LogP contribution in [0.1, 0.15) is 60.9 Å². The predicted molar refractivity (Wildman–Crippen MR) is 106 cm³/mol. The summed E-state index contributed by atoms with van der Waals surface area (Å²) in [4.78, 5) is 16.8. The molecule has 2 N–H and O–H groups in total. The lowest BCUT2D eigenvalue weighted by Crippen LogP contribution is -2.34. The maximum atomic E-state index is 12.4. The van der Waals surface area contributed by atoms with Gasteiger partial charge in [-0.1, -0.05) is 56.0 Å². The molecule has 2 aromatic rings. The number of pyridine rings is 1. The molecule has 0 radical (unpaired) electrons. The van der Waals surface area contributed by atoms with Crippen LogP contribution in [-0.2, 0) is 6.42 Å². The largest absolute Gasteiger partial charge is 0.370 e. The summed E-state index contributed by atoms with van der Waals surface area (Å²) in [7, 11) is 0. The Balaban J connectivity index is 1.41. The quantitative estimate of drug-likeness (QED) is 0.567. The number of anilines is 1. The maximum Gasteiger partial charge on any atom is 0.253 e. The molecule has 1 aliphatic carbocycles. The van der Waals surface area contributed by atoms with Gasteiger partial charge in [0.05, 0.1) is 5.56 Å². The fourth-order valence-electron chi connectivity index (χ4n) is 3.48. The van der Waals surface area contributed by atoms with E-state index in [2.05, 4.69) is 39.9 Å². The zero-order valence-corrected chi connectivity index (χ0v) is 15.4. The molecule has 1 amide bonds. The number of carbonyl (C=O) groups excluding carboxylic acids is 1. The average Bonchev–Trinajstić information content (AvgIpc) is 2.95. The molecule has 0 aliphatic heterocycles. The molecule has 138 valence electrons. The number of aryl methyl sites for hydroxylation is 1. The molecule has 4 nitrogen and oxygen atoms in total. The number of hydrogen-bond acceptors (Lipinski definition) is 3. The topological polar surface area (TPSA) is 54.0 Å². The number of benzene rings is 1. The van der Waals surface area contributed by atoms with Gasteiger partial charge in [0.2, 0.25) is 0 Å². The third-order valence-electron chi connectivity index (χ3n) is 5.01. The van der Waals surface area contributed by atoms with Crippen LogP contribution in [0.25, 0.3) is 0 Å². The zero-order chi connectivity index (χ0) is 18.0. The van der Waals surface area contributed by atoms with Crippen molar-refractivity contribution >= 4 is 11.7 Å². The Bertz CT molecular complexity index is 662. The fourth-order valence-corrected chi connectivity index (χ4v) is 3.48. The average molecular weight is 351 g/mol. The second kappa shape index (κ2) is 9.95. The lowest BCUT2D eigenvalue weighted by atomic mass is 10.1. The summed E-state index contributed by atoms with van der Waals surface area (Å²) in [5, 5.41) is 6.49. The molecule has 1 aliphatic rings. The standard InChI is InChI=1S/C22H29N3O/c26-22(25-20-12-6-1-2-7-13-20)19-14-15-21(24-17-19)23-16-8-11-18-9-4-3-5-10-18/h3-5,9-10,14-15,17,20H,1-2,6-8,11-13,16H2,(H,23,24)(H,25,26). The van der Waals surface area contributed by atoms with E-state index in [0.717, 1.165) is 38.0 Å². The monoisotopic (exact) mass is 351 g/mol. The Morgan fingerprint density at radius 1 is 1.00 bits per heavy atom. The minimum atomic E-state index is 0.0000256. The van der Waals surface area contributed by atoms with Crippen LogP contribution in [0.15, 0.2) is 48.7 Å². The molecule has 1 heterocycles. The highest BCUT2D eigenvalue weighted by Gasteiger charge is 2.15. The third-order valence-corrected chi connectivity index (χ3v) is 5.01. The van der Waals surface area contributed by atoms with Crippen molar-refractivity contribution < 1.29 is 4.79 Å². The Kier molecular flexibility index (Phi) is 7.05. The molecule has 3 rings (SSSR count). The van der Waals surface area contributed by atoms with Crippen molar-refractivity contribution in [3.05, 3.63) is 59.8 Å². The predicted octanol–water partition coefficient (Wildman–Crippen LogP) is 4.58. The van der Waals surface area contributed by atoms with Crippen LogP contribution in [0.2, 0.25) is 0 Å². The normalized spacial score (nSPS) is 15.2. The second-order valence-corrected chi connectivity index (χ2v) is 7.11. The van der Waals surface area contributed by atoms with Crippen molar-refractivity contribution in [1.29, 1.82) is 0 Å². The number of aromatic nitrogens is 1. The van der Waals surface area contributed by atoms with Gasteiger partial charge in [-0.05, 0) is 43.4 Å².